The maximum absolute atomic E-state index is 13.1. The van der Waals surface area contributed by atoms with E-state index in [9.17, 15) is 4.79 Å². The third kappa shape index (κ3) is 3.82. The monoisotopic (exact) mass is 385 g/mol. The highest BCUT2D eigenvalue weighted by atomic mass is 16.1. The lowest BCUT2D eigenvalue weighted by molar-refractivity contribution is 0.0952. The third-order valence-electron chi connectivity index (χ3n) is 4.93. The quantitative estimate of drug-likeness (QED) is 0.570. The lowest BCUT2D eigenvalue weighted by Crippen LogP contribution is -2.23. The summed E-state index contributed by atoms with van der Waals surface area (Å²) in [5, 5.41) is 3.00. The van der Waals surface area contributed by atoms with Crippen LogP contribution in [0.1, 0.15) is 15.9 Å². The van der Waals surface area contributed by atoms with Gasteiger partial charge in [0.1, 0.15) is 0 Å². The van der Waals surface area contributed by atoms with E-state index in [-0.39, 0.29) is 5.91 Å². The summed E-state index contributed by atoms with van der Waals surface area (Å²) < 4.78 is 1.88. The van der Waals surface area contributed by atoms with Crippen LogP contribution in [0.4, 0.5) is 5.69 Å². The van der Waals surface area contributed by atoms with Crippen LogP contribution in [0.15, 0.2) is 67.3 Å². The van der Waals surface area contributed by atoms with Crippen molar-refractivity contribution in [2.24, 2.45) is 7.05 Å². The van der Waals surface area contributed by atoms with Crippen LogP contribution in [-0.4, -0.2) is 34.5 Å². The number of anilines is 1. The van der Waals surface area contributed by atoms with Gasteiger partial charge in [-0.15, -0.1) is 0 Å². The molecule has 2 heterocycles. The van der Waals surface area contributed by atoms with Crippen molar-refractivity contribution in [3.63, 3.8) is 0 Å². The number of nitrogens with one attached hydrogen (secondary N) is 1. The molecular formula is C23H23N5O. The number of carbonyl (C=O) groups excluding carboxylic acids is 1. The molecule has 0 saturated carbocycles. The lowest BCUT2D eigenvalue weighted by Gasteiger charge is -2.14. The standard InChI is InChI=1S/C23H23N5O/c1-27(2)19-8-4-7-17(10-19)18-11-20(22-21(12-18)26-15-28(22)3)23(29)25-14-16-6-5-9-24-13-16/h4-13,15H,14H2,1-3H3,(H,25,29). The van der Waals surface area contributed by atoms with Crippen LogP contribution in [0, 0.1) is 0 Å². The fraction of sp³-hybridized carbons (Fsp3) is 0.174. The molecule has 0 fully saturated rings. The summed E-state index contributed by atoms with van der Waals surface area (Å²) in [5.41, 5.74) is 6.30. The molecule has 0 spiro atoms. The summed E-state index contributed by atoms with van der Waals surface area (Å²) >= 11 is 0. The largest absolute Gasteiger partial charge is 0.378 e. The average molecular weight is 385 g/mol. The molecule has 0 unspecified atom stereocenters. The molecule has 2 aromatic heterocycles. The van der Waals surface area contributed by atoms with Crippen LogP contribution in [0.3, 0.4) is 0 Å². The van der Waals surface area contributed by atoms with Gasteiger partial charge in [0.25, 0.3) is 5.91 Å². The zero-order valence-electron chi connectivity index (χ0n) is 16.8. The van der Waals surface area contributed by atoms with E-state index in [0.29, 0.717) is 12.1 Å². The van der Waals surface area contributed by atoms with Gasteiger partial charge in [-0.2, -0.15) is 0 Å². The van der Waals surface area contributed by atoms with E-state index in [4.69, 9.17) is 0 Å². The first-order valence-corrected chi connectivity index (χ1v) is 9.43. The van der Waals surface area contributed by atoms with Crippen molar-refractivity contribution in [2.45, 2.75) is 6.54 Å². The van der Waals surface area contributed by atoms with E-state index in [2.05, 4.69) is 38.4 Å². The first-order chi connectivity index (χ1) is 14.0. The zero-order chi connectivity index (χ0) is 20.4. The number of pyridine rings is 1. The molecule has 146 valence electrons. The molecule has 0 atom stereocenters. The van der Waals surface area contributed by atoms with E-state index in [1.54, 1.807) is 18.7 Å². The Kier molecular flexibility index (Phi) is 4.99. The van der Waals surface area contributed by atoms with Gasteiger partial charge in [0.15, 0.2) is 0 Å². The number of rotatable bonds is 5. The summed E-state index contributed by atoms with van der Waals surface area (Å²) in [6.07, 6.45) is 5.21. The molecule has 4 rings (SSSR count). The third-order valence-corrected chi connectivity index (χ3v) is 4.93. The number of carbonyl (C=O) groups is 1. The van der Waals surface area contributed by atoms with Gasteiger partial charge in [-0.3, -0.25) is 9.78 Å². The summed E-state index contributed by atoms with van der Waals surface area (Å²) in [7, 11) is 5.93. The number of amides is 1. The Hall–Kier alpha value is -3.67. The molecule has 6 nitrogen and oxygen atoms in total. The Balaban J connectivity index is 1.73. The van der Waals surface area contributed by atoms with E-state index < -0.39 is 0 Å². The fourth-order valence-electron chi connectivity index (χ4n) is 3.38. The summed E-state index contributed by atoms with van der Waals surface area (Å²) in [5.74, 6) is -0.131. The minimum Gasteiger partial charge on any atom is -0.378 e. The Morgan fingerprint density at radius 3 is 2.72 bits per heavy atom. The Morgan fingerprint density at radius 1 is 1.10 bits per heavy atom. The smallest absolute Gasteiger partial charge is 0.253 e. The highest BCUT2D eigenvalue weighted by Crippen LogP contribution is 2.29. The maximum Gasteiger partial charge on any atom is 0.253 e. The molecule has 29 heavy (non-hydrogen) atoms. The second kappa shape index (κ2) is 7.75. The number of aryl methyl sites for hydroxylation is 1. The van der Waals surface area contributed by atoms with Crippen LogP contribution in [-0.2, 0) is 13.6 Å². The molecule has 0 aliphatic carbocycles. The van der Waals surface area contributed by atoms with Crippen LogP contribution in [0.2, 0.25) is 0 Å². The first kappa shape index (κ1) is 18.7. The van der Waals surface area contributed by atoms with E-state index in [1.165, 1.54) is 0 Å². The minimum absolute atomic E-state index is 0.131. The highest BCUT2D eigenvalue weighted by molar-refractivity contribution is 6.06. The van der Waals surface area contributed by atoms with Crippen LogP contribution >= 0.6 is 0 Å². The number of hydrogen-bond acceptors (Lipinski definition) is 4. The average Bonchev–Trinajstić information content (AvgIpc) is 3.13. The molecule has 4 aromatic rings. The molecule has 6 heteroatoms. The number of aromatic nitrogens is 3. The fourth-order valence-corrected chi connectivity index (χ4v) is 3.38. The van der Waals surface area contributed by atoms with E-state index >= 15 is 0 Å². The van der Waals surface area contributed by atoms with E-state index in [1.807, 2.05) is 56.0 Å². The highest BCUT2D eigenvalue weighted by Gasteiger charge is 2.16. The predicted molar refractivity (Wildman–Crippen MR) is 116 cm³/mol. The summed E-state index contributed by atoms with van der Waals surface area (Å²) in [6, 6.07) is 16.0. The number of nitrogens with zero attached hydrogens (tertiary/aromatic N) is 4. The van der Waals surface area contributed by atoms with Crippen LogP contribution in [0.5, 0.6) is 0 Å². The van der Waals surface area contributed by atoms with Crippen molar-refractivity contribution in [1.82, 2.24) is 19.9 Å². The Labute approximate surface area is 169 Å². The van der Waals surface area contributed by atoms with Gasteiger partial charge in [0, 0.05) is 45.8 Å². The molecular weight excluding hydrogens is 362 g/mol. The van der Waals surface area contributed by atoms with Gasteiger partial charge in [-0.25, -0.2) is 4.98 Å². The van der Waals surface area contributed by atoms with Crippen molar-refractivity contribution < 1.29 is 4.79 Å². The number of fused-ring (bicyclic) bond motifs is 1. The predicted octanol–water partition coefficient (Wildman–Crippen LogP) is 3.63. The van der Waals surface area contributed by atoms with Gasteiger partial charge in [-0.05, 0) is 47.0 Å². The molecule has 1 N–H and O–H groups in total. The minimum atomic E-state index is -0.131. The molecule has 1 amide bonds. The van der Waals surface area contributed by atoms with Crippen molar-refractivity contribution >= 4 is 22.6 Å². The second-order valence-electron chi connectivity index (χ2n) is 7.24. The van der Waals surface area contributed by atoms with Crippen molar-refractivity contribution in [3.05, 3.63) is 78.4 Å². The van der Waals surface area contributed by atoms with Crippen molar-refractivity contribution in [2.75, 3.05) is 19.0 Å². The first-order valence-electron chi connectivity index (χ1n) is 9.43. The molecule has 0 saturated heterocycles. The SMILES string of the molecule is CN(C)c1cccc(-c2cc(C(=O)NCc3cccnc3)c3c(c2)ncn3C)c1. The van der Waals surface area contributed by atoms with E-state index in [0.717, 1.165) is 33.4 Å². The van der Waals surface area contributed by atoms with Gasteiger partial charge >= 0.3 is 0 Å². The Bertz CT molecular complexity index is 1160. The second-order valence-corrected chi connectivity index (χ2v) is 7.24. The maximum atomic E-state index is 13.1. The summed E-state index contributed by atoms with van der Waals surface area (Å²) in [6.45, 7) is 0.423. The lowest BCUT2D eigenvalue weighted by atomic mass is 10.0. The number of benzene rings is 2. The molecule has 2 aromatic carbocycles. The van der Waals surface area contributed by atoms with Crippen molar-refractivity contribution in [3.8, 4) is 11.1 Å². The van der Waals surface area contributed by atoms with Gasteiger partial charge in [0.05, 0.1) is 22.9 Å². The van der Waals surface area contributed by atoms with Crippen LogP contribution in [0.25, 0.3) is 22.2 Å². The number of imidazole rings is 1. The normalized spacial score (nSPS) is 10.9. The van der Waals surface area contributed by atoms with Crippen molar-refractivity contribution in [1.29, 1.82) is 0 Å². The number of hydrogen-bond donors (Lipinski definition) is 1. The van der Waals surface area contributed by atoms with Crippen LogP contribution < -0.4 is 10.2 Å². The topological polar surface area (TPSA) is 63.1 Å². The molecule has 0 aliphatic rings. The molecule has 0 radical (unpaired) electrons. The zero-order valence-corrected chi connectivity index (χ0v) is 16.8. The van der Waals surface area contributed by atoms with Gasteiger partial charge in [-0.1, -0.05) is 18.2 Å². The molecule has 0 aliphatic heterocycles. The Morgan fingerprint density at radius 2 is 1.97 bits per heavy atom. The van der Waals surface area contributed by atoms with Gasteiger partial charge < -0.3 is 14.8 Å². The van der Waals surface area contributed by atoms with Gasteiger partial charge in [0.2, 0.25) is 0 Å². The molecule has 0 bridgehead atoms. The summed E-state index contributed by atoms with van der Waals surface area (Å²) in [4.78, 5) is 23.7.